The molecule has 0 radical (unpaired) electrons. The number of aromatic nitrogens is 3. The fourth-order valence-electron chi connectivity index (χ4n) is 2.71. The van der Waals surface area contributed by atoms with Crippen molar-refractivity contribution >= 4 is 38.5 Å². The number of hydrogen-bond acceptors (Lipinski definition) is 5. The number of hydrogen-bond donors (Lipinski definition) is 0. The van der Waals surface area contributed by atoms with Gasteiger partial charge in [0.15, 0.2) is 4.80 Å². The molecular weight excluding hydrogens is 348 g/mol. The number of carbonyl (C=O) groups is 1. The molecule has 7 heteroatoms. The summed E-state index contributed by atoms with van der Waals surface area (Å²) in [4.78, 5) is 26.3. The molecule has 0 fully saturated rings. The van der Waals surface area contributed by atoms with Crippen LogP contribution in [0.1, 0.15) is 10.5 Å². The van der Waals surface area contributed by atoms with E-state index in [9.17, 15) is 4.79 Å². The number of benzene rings is 2. The van der Waals surface area contributed by atoms with Gasteiger partial charge >= 0.3 is 0 Å². The Balaban J connectivity index is 1.79. The molecule has 0 saturated carbocycles. The van der Waals surface area contributed by atoms with Gasteiger partial charge in [-0.3, -0.25) is 9.78 Å². The zero-order valence-electron chi connectivity index (χ0n) is 14.1. The third-order valence-corrected chi connectivity index (χ3v) is 5.03. The standard InChI is InChI=1S/C19H16N4O2S/c1-25-11-10-23-16-8-4-5-9-17(16)26-19(23)22-18(24)15-12-20-13-6-2-3-7-14(13)21-15/h2-9,12H,10-11H2,1H3. The number of nitrogens with zero attached hydrogens (tertiary/aromatic N) is 4. The van der Waals surface area contributed by atoms with Gasteiger partial charge in [0.25, 0.3) is 5.91 Å². The first kappa shape index (κ1) is 16.6. The molecular formula is C19H16N4O2S. The highest BCUT2D eigenvalue weighted by Crippen LogP contribution is 2.17. The van der Waals surface area contributed by atoms with Gasteiger partial charge < -0.3 is 9.30 Å². The molecule has 0 N–H and O–H groups in total. The lowest BCUT2D eigenvalue weighted by Gasteiger charge is -2.04. The van der Waals surface area contributed by atoms with Crippen LogP contribution in [0.2, 0.25) is 0 Å². The molecule has 0 atom stereocenters. The van der Waals surface area contributed by atoms with E-state index >= 15 is 0 Å². The van der Waals surface area contributed by atoms with Crippen molar-refractivity contribution in [1.82, 2.24) is 14.5 Å². The first-order valence-corrected chi connectivity index (χ1v) is 8.96. The quantitative estimate of drug-likeness (QED) is 0.558. The molecule has 4 aromatic rings. The number of thiazole rings is 1. The highest BCUT2D eigenvalue weighted by atomic mass is 32.1. The van der Waals surface area contributed by atoms with Crippen molar-refractivity contribution in [3.05, 3.63) is 65.2 Å². The van der Waals surface area contributed by atoms with Crippen molar-refractivity contribution < 1.29 is 9.53 Å². The van der Waals surface area contributed by atoms with Crippen LogP contribution in [0.15, 0.2) is 59.7 Å². The first-order valence-electron chi connectivity index (χ1n) is 8.14. The Labute approximate surface area is 153 Å². The number of carbonyl (C=O) groups excluding carboxylic acids is 1. The minimum absolute atomic E-state index is 0.236. The van der Waals surface area contributed by atoms with E-state index in [-0.39, 0.29) is 5.69 Å². The van der Waals surface area contributed by atoms with Crippen molar-refractivity contribution in [3.8, 4) is 0 Å². The van der Waals surface area contributed by atoms with Crippen LogP contribution in [-0.2, 0) is 11.3 Å². The maximum absolute atomic E-state index is 12.7. The van der Waals surface area contributed by atoms with Crippen LogP contribution in [-0.4, -0.2) is 34.2 Å². The lowest BCUT2D eigenvalue weighted by molar-refractivity contribution is 0.0992. The minimum Gasteiger partial charge on any atom is -0.383 e. The fraction of sp³-hybridized carbons (Fsp3) is 0.158. The Morgan fingerprint density at radius 3 is 2.77 bits per heavy atom. The van der Waals surface area contributed by atoms with Crippen LogP contribution in [0, 0.1) is 0 Å². The monoisotopic (exact) mass is 364 g/mol. The number of amides is 1. The van der Waals surface area contributed by atoms with Crippen molar-refractivity contribution in [2.24, 2.45) is 4.99 Å². The third kappa shape index (κ3) is 3.14. The summed E-state index contributed by atoms with van der Waals surface area (Å²) in [5, 5.41) is 0. The second-order valence-electron chi connectivity index (χ2n) is 5.66. The number of fused-ring (bicyclic) bond motifs is 2. The maximum Gasteiger partial charge on any atom is 0.299 e. The summed E-state index contributed by atoms with van der Waals surface area (Å²) in [7, 11) is 1.65. The largest absolute Gasteiger partial charge is 0.383 e. The Morgan fingerprint density at radius 2 is 1.92 bits per heavy atom. The topological polar surface area (TPSA) is 69.4 Å². The van der Waals surface area contributed by atoms with Crippen LogP contribution in [0.5, 0.6) is 0 Å². The van der Waals surface area contributed by atoms with Crippen LogP contribution in [0.4, 0.5) is 0 Å². The van der Waals surface area contributed by atoms with Crippen LogP contribution in [0.3, 0.4) is 0 Å². The van der Waals surface area contributed by atoms with E-state index in [0.29, 0.717) is 23.5 Å². The Kier molecular flexibility index (Phi) is 4.55. The number of ether oxygens (including phenoxy) is 1. The van der Waals surface area contributed by atoms with Gasteiger partial charge in [-0.05, 0) is 24.3 Å². The van der Waals surface area contributed by atoms with E-state index in [1.54, 1.807) is 7.11 Å². The van der Waals surface area contributed by atoms with Gasteiger partial charge in [0.05, 0.1) is 34.1 Å². The van der Waals surface area contributed by atoms with E-state index in [2.05, 4.69) is 15.0 Å². The number of para-hydroxylation sites is 3. The summed E-state index contributed by atoms with van der Waals surface area (Å²) in [6.45, 7) is 1.16. The molecule has 2 aromatic carbocycles. The Morgan fingerprint density at radius 1 is 1.15 bits per heavy atom. The fourth-order valence-corrected chi connectivity index (χ4v) is 3.76. The average molecular weight is 364 g/mol. The normalized spacial score (nSPS) is 12.1. The second kappa shape index (κ2) is 7.15. The Bertz CT molecular complexity index is 1160. The summed E-state index contributed by atoms with van der Waals surface area (Å²) in [5.41, 5.74) is 2.70. The maximum atomic E-state index is 12.7. The van der Waals surface area contributed by atoms with Crippen LogP contribution >= 0.6 is 11.3 Å². The van der Waals surface area contributed by atoms with Gasteiger partial charge in [0.2, 0.25) is 0 Å². The molecule has 6 nitrogen and oxygen atoms in total. The van der Waals surface area contributed by atoms with E-state index < -0.39 is 5.91 Å². The molecule has 2 heterocycles. The molecule has 0 spiro atoms. The Hall–Kier alpha value is -2.90. The molecule has 0 saturated heterocycles. The third-order valence-electron chi connectivity index (χ3n) is 3.97. The highest BCUT2D eigenvalue weighted by molar-refractivity contribution is 7.16. The molecule has 0 aliphatic rings. The van der Waals surface area contributed by atoms with Gasteiger partial charge in [-0.15, -0.1) is 0 Å². The van der Waals surface area contributed by atoms with E-state index in [4.69, 9.17) is 4.74 Å². The van der Waals surface area contributed by atoms with Crippen LogP contribution in [0.25, 0.3) is 21.3 Å². The van der Waals surface area contributed by atoms with Gasteiger partial charge in [-0.1, -0.05) is 35.6 Å². The van der Waals surface area contributed by atoms with Crippen LogP contribution < -0.4 is 4.80 Å². The van der Waals surface area contributed by atoms with E-state index in [1.165, 1.54) is 17.5 Å². The van der Waals surface area contributed by atoms with E-state index in [0.717, 1.165) is 15.7 Å². The SMILES string of the molecule is COCCn1c(=NC(=O)c2cnc3ccccc3n2)sc2ccccc21. The molecule has 2 aromatic heterocycles. The molecule has 0 aliphatic heterocycles. The van der Waals surface area contributed by atoms with Crippen molar-refractivity contribution in [2.75, 3.05) is 13.7 Å². The average Bonchev–Trinajstić information content (AvgIpc) is 3.02. The summed E-state index contributed by atoms with van der Waals surface area (Å²) < 4.78 is 8.26. The molecule has 26 heavy (non-hydrogen) atoms. The number of methoxy groups -OCH3 is 1. The van der Waals surface area contributed by atoms with Gasteiger partial charge in [0, 0.05) is 13.7 Å². The molecule has 0 unspecified atom stereocenters. The van der Waals surface area contributed by atoms with Gasteiger partial charge in [0.1, 0.15) is 5.69 Å². The zero-order valence-corrected chi connectivity index (χ0v) is 14.9. The lowest BCUT2D eigenvalue weighted by atomic mass is 10.3. The van der Waals surface area contributed by atoms with Crippen molar-refractivity contribution in [3.63, 3.8) is 0 Å². The predicted octanol–water partition coefficient (Wildman–Crippen LogP) is 3.03. The molecule has 0 bridgehead atoms. The summed E-state index contributed by atoms with van der Waals surface area (Å²) in [5.74, 6) is -0.402. The molecule has 0 aliphatic carbocycles. The number of rotatable bonds is 4. The van der Waals surface area contributed by atoms with Crippen molar-refractivity contribution in [2.45, 2.75) is 6.54 Å². The molecule has 4 rings (SSSR count). The predicted molar refractivity (Wildman–Crippen MR) is 101 cm³/mol. The highest BCUT2D eigenvalue weighted by Gasteiger charge is 2.11. The van der Waals surface area contributed by atoms with Gasteiger partial charge in [-0.25, -0.2) is 4.98 Å². The summed E-state index contributed by atoms with van der Waals surface area (Å²) >= 11 is 1.47. The molecule has 130 valence electrons. The van der Waals surface area contributed by atoms with Crippen molar-refractivity contribution in [1.29, 1.82) is 0 Å². The summed E-state index contributed by atoms with van der Waals surface area (Å²) in [6.07, 6.45) is 1.47. The second-order valence-corrected chi connectivity index (χ2v) is 6.67. The first-order chi connectivity index (χ1) is 12.8. The van der Waals surface area contributed by atoms with Gasteiger partial charge in [-0.2, -0.15) is 4.99 Å². The lowest BCUT2D eigenvalue weighted by Crippen LogP contribution is -2.19. The van der Waals surface area contributed by atoms with E-state index in [1.807, 2.05) is 53.1 Å². The smallest absolute Gasteiger partial charge is 0.299 e. The zero-order chi connectivity index (χ0) is 17.9. The minimum atomic E-state index is -0.402. The summed E-state index contributed by atoms with van der Waals surface area (Å²) in [6, 6.07) is 15.4. The molecule has 1 amide bonds.